The average molecular weight is 335 g/mol. The van der Waals surface area contributed by atoms with Gasteiger partial charge in [0.25, 0.3) is 0 Å². The molecule has 0 atom stereocenters. The van der Waals surface area contributed by atoms with Crippen LogP contribution in [-0.4, -0.2) is 41.8 Å². The zero-order valence-corrected chi connectivity index (χ0v) is 13.9. The van der Waals surface area contributed by atoms with Crippen molar-refractivity contribution < 1.29 is 14.4 Å². The van der Waals surface area contributed by atoms with E-state index in [2.05, 4.69) is 16.0 Å². The van der Waals surface area contributed by atoms with Crippen LogP contribution >= 0.6 is 11.8 Å². The van der Waals surface area contributed by atoms with E-state index in [0.29, 0.717) is 6.04 Å². The molecule has 23 heavy (non-hydrogen) atoms. The van der Waals surface area contributed by atoms with Gasteiger partial charge in [0, 0.05) is 11.7 Å². The summed E-state index contributed by atoms with van der Waals surface area (Å²) in [7, 11) is 0. The Hall–Kier alpha value is -2.02. The van der Waals surface area contributed by atoms with E-state index in [0.717, 1.165) is 24.1 Å². The van der Waals surface area contributed by atoms with E-state index in [1.807, 2.05) is 31.2 Å². The zero-order valence-electron chi connectivity index (χ0n) is 13.1. The maximum Gasteiger partial charge on any atom is 0.239 e. The molecule has 1 aromatic carbocycles. The van der Waals surface area contributed by atoms with E-state index in [9.17, 15) is 14.4 Å². The Morgan fingerprint density at radius 2 is 1.87 bits per heavy atom. The molecule has 0 saturated heterocycles. The predicted molar refractivity (Wildman–Crippen MR) is 91.3 cm³/mol. The number of benzene rings is 1. The molecule has 6 nitrogen and oxygen atoms in total. The van der Waals surface area contributed by atoms with Gasteiger partial charge in [-0.05, 0) is 37.5 Å². The molecule has 0 bridgehead atoms. The van der Waals surface area contributed by atoms with Crippen molar-refractivity contribution in [2.24, 2.45) is 0 Å². The standard InChI is InChI=1S/C16H21N3O3S/c1-11-3-2-4-13(7-11)19-16(22)10-23-9-15(21)17-8-14(20)18-12-5-6-12/h2-4,7,12H,5-6,8-10H2,1H3,(H,17,21)(H,18,20)(H,19,22). The van der Waals surface area contributed by atoms with Crippen molar-refractivity contribution in [2.75, 3.05) is 23.4 Å². The Morgan fingerprint density at radius 3 is 2.57 bits per heavy atom. The smallest absolute Gasteiger partial charge is 0.239 e. The number of carbonyl (C=O) groups is 3. The van der Waals surface area contributed by atoms with Gasteiger partial charge in [-0.15, -0.1) is 11.8 Å². The summed E-state index contributed by atoms with van der Waals surface area (Å²) in [5.74, 6) is -0.222. The molecule has 2 rings (SSSR count). The molecule has 0 aromatic heterocycles. The first-order chi connectivity index (χ1) is 11.0. The van der Waals surface area contributed by atoms with Crippen LogP contribution in [0.15, 0.2) is 24.3 Å². The average Bonchev–Trinajstić information content (AvgIpc) is 3.29. The molecule has 0 heterocycles. The highest BCUT2D eigenvalue weighted by atomic mass is 32.2. The van der Waals surface area contributed by atoms with Gasteiger partial charge >= 0.3 is 0 Å². The van der Waals surface area contributed by atoms with Gasteiger partial charge in [0.1, 0.15) is 0 Å². The summed E-state index contributed by atoms with van der Waals surface area (Å²) >= 11 is 1.22. The number of carbonyl (C=O) groups excluding carboxylic acids is 3. The van der Waals surface area contributed by atoms with Gasteiger partial charge in [-0.2, -0.15) is 0 Å². The van der Waals surface area contributed by atoms with E-state index in [1.54, 1.807) is 0 Å². The molecule has 3 N–H and O–H groups in total. The second-order valence-electron chi connectivity index (χ2n) is 5.53. The molecule has 7 heteroatoms. The molecular formula is C16H21N3O3S. The van der Waals surface area contributed by atoms with E-state index in [-0.39, 0.29) is 35.8 Å². The predicted octanol–water partition coefficient (Wildman–Crippen LogP) is 1.06. The Labute approximate surface area is 139 Å². The van der Waals surface area contributed by atoms with Crippen molar-refractivity contribution in [3.8, 4) is 0 Å². The van der Waals surface area contributed by atoms with Gasteiger partial charge in [0.15, 0.2) is 0 Å². The zero-order chi connectivity index (χ0) is 16.7. The first kappa shape index (κ1) is 17.3. The molecule has 1 saturated carbocycles. The maximum absolute atomic E-state index is 11.8. The lowest BCUT2D eigenvalue weighted by Crippen LogP contribution is -2.38. The van der Waals surface area contributed by atoms with E-state index in [1.165, 1.54) is 11.8 Å². The molecule has 1 aliphatic rings. The molecule has 124 valence electrons. The summed E-state index contributed by atoms with van der Waals surface area (Å²) in [5.41, 5.74) is 1.82. The molecule has 0 radical (unpaired) electrons. The molecule has 1 aromatic rings. The molecule has 0 unspecified atom stereocenters. The monoisotopic (exact) mass is 335 g/mol. The number of amides is 3. The maximum atomic E-state index is 11.8. The van der Waals surface area contributed by atoms with Crippen LogP contribution in [-0.2, 0) is 14.4 Å². The Morgan fingerprint density at radius 1 is 1.13 bits per heavy atom. The highest BCUT2D eigenvalue weighted by Crippen LogP contribution is 2.18. The minimum Gasteiger partial charge on any atom is -0.352 e. The van der Waals surface area contributed by atoms with Gasteiger partial charge in [-0.3, -0.25) is 14.4 Å². The molecule has 1 fully saturated rings. The van der Waals surface area contributed by atoms with E-state index >= 15 is 0 Å². The van der Waals surface area contributed by atoms with Crippen LogP contribution in [0.5, 0.6) is 0 Å². The third kappa shape index (κ3) is 7.19. The lowest BCUT2D eigenvalue weighted by Gasteiger charge is -2.07. The molecule has 0 spiro atoms. The number of hydrogen-bond acceptors (Lipinski definition) is 4. The molecular weight excluding hydrogens is 314 g/mol. The van der Waals surface area contributed by atoms with Crippen LogP contribution in [0, 0.1) is 6.92 Å². The number of anilines is 1. The summed E-state index contributed by atoms with van der Waals surface area (Å²) in [6, 6.07) is 7.82. The fourth-order valence-electron chi connectivity index (χ4n) is 1.89. The normalized spacial score (nSPS) is 13.3. The van der Waals surface area contributed by atoms with Crippen molar-refractivity contribution in [1.82, 2.24) is 10.6 Å². The van der Waals surface area contributed by atoms with Gasteiger partial charge in [-0.25, -0.2) is 0 Å². The first-order valence-corrected chi connectivity index (χ1v) is 8.69. The highest BCUT2D eigenvalue weighted by molar-refractivity contribution is 8.00. The first-order valence-electron chi connectivity index (χ1n) is 7.53. The largest absolute Gasteiger partial charge is 0.352 e. The summed E-state index contributed by atoms with van der Waals surface area (Å²) in [4.78, 5) is 34.8. The number of aryl methyl sites for hydroxylation is 1. The van der Waals surface area contributed by atoms with E-state index in [4.69, 9.17) is 0 Å². The van der Waals surface area contributed by atoms with Gasteiger partial charge in [-0.1, -0.05) is 12.1 Å². The summed E-state index contributed by atoms with van der Waals surface area (Å²) in [6.45, 7) is 1.94. The van der Waals surface area contributed by atoms with E-state index < -0.39 is 0 Å². The van der Waals surface area contributed by atoms with Crippen LogP contribution in [0.1, 0.15) is 18.4 Å². The number of nitrogens with one attached hydrogen (secondary N) is 3. The SMILES string of the molecule is Cc1cccc(NC(=O)CSCC(=O)NCC(=O)NC2CC2)c1. The van der Waals surface area contributed by atoms with Crippen molar-refractivity contribution >= 4 is 35.2 Å². The van der Waals surface area contributed by atoms with Gasteiger partial charge < -0.3 is 16.0 Å². The topological polar surface area (TPSA) is 87.3 Å². The van der Waals surface area contributed by atoms with Crippen LogP contribution in [0.4, 0.5) is 5.69 Å². The van der Waals surface area contributed by atoms with Crippen LogP contribution < -0.4 is 16.0 Å². The fraction of sp³-hybridized carbons (Fsp3) is 0.438. The molecule has 0 aliphatic heterocycles. The van der Waals surface area contributed by atoms with Crippen LogP contribution in [0.2, 0.25) is 0 Å². The third-order valence-corrected chi connectivity index (χ3v) is 4.09. The molecule has 1 aliphatic carbocycles. The Bertz CT molecular complexity index is 588. The second kappa shape index (κ2) is 8.57. The van der Waals surface area contributed by atoms with Crippen molar-refractivity contribution in [2.45, 2.75) is 25.8 Å². The number of thioether (sulfide) groups is 1. The summed E-state index contributed by atoms with van der Waals surface area (Å²) < 4.78 is 0. The Balaban J connectivity index is 1.57. The van der Waals surface area contributed by atoms with Gasteiger partial charge in [0.05, 0.1) is 18.1 Å². The quantitative estimate of drug-likeness (QED) is 0.663. The highest BCUT2D eigenvalue weighted by Gasteiger charge is 2.23. The molecule has 3 amide bonds. The Kier molecular flexibility index (Phi) is 6.46. The van der Waals surface area contributed by atoms with Gasteiger partial charge in [0.2, 0.25) is 17.7 Å². The summed E-state index contributed by atoms with van der Waals surface area (Å²) in [5, 5.41) is 8.11. The minimum atomic E-state index is -0.246. The van der Waals surface area contributed by atoms with Crippen molar-refractivity contribution in [3.05, 3.63) is 29.8 Å². The lowest BCUT2D eigenvalue weighted by atomic mass is 10.2. The third-order valence-electron chi connectivity index (χ3n) is 3.16. The van der Waals surface area contributed by atoms with Crippen LogP contribution in [0.3, 0.4) is 0 Å². The fourth-order valence-corrected chi connectivity index (χ4v) is 2.54. The van der Waals surface area contributed by atoms with Crippen LogP contribution in [0.25, 0.3) is 0 Å². The summed E-state index contributed by atoms with van der Waals surface area (Å²) in [6.07, 6.45) is 2.04. The van der Waals surface area contributed by atoms with Crippen molar-refractivity contribution in [3.63, 3.8) is 0 Å². The number of hydrogen-bond donors (Lipinski definition) is 3. The second-order valence-corrected chi connectivity index (χ2v) is 6.51. The lowest BCUT2D eigenvalue weighted by molar-refractivity contribution is -0.124. The van der Waals surface area contributed by atoms with Crippen molar-refractivity contribution in [1.29, 1.82) is 0 Å². The number of rotatable bonds is 8. The minimum absolute atomic E-state index is 0.00855.